The average Bonchev–Trinajstić information content (AvgIpc) is 2.76. The molecule has 1 unspecified atom stereocenters. The lowest BCUT2D eigenvalue weighted by Gasteiger charge is -2.24. The van der Waals surface area contributed by atoms with Gasteiger partial charge in [0.15, 0.2) is 0 Å². The van der Waals surface area contributed by atoms with Crippen molar-refractivity contribution in [3.8, 4) is 0 Å². The number of nitrogens with zero attached hydrogens (tertiary/aromatic N) is 2. The van der Waals surface area contributed by atoms with Crippen LogP contribution in [0.15, 0.2) is 0 Å². The summed E-state index contributed by atoms with van der Waals surface area (Å²) in [5, 5.41) is 3.49. The second-order valence-electron chi connectivity index (χ2n) is 4.72. The average molecular weight is 227 g/mol. The van der Waals surface area contributed by atoms with E-state index in [9.17, 15) is 4.79 Å². The first-order chi connectivity index (χ1) is 7.63. The number of amides is 1. The van der Waals surface area contributed by atoms with Gasteiger partial charge in [0.1, 0.15) is 0 Å². The third-order valence-corrected chi connectivity index (χ3v) is 3.23. The molecule has 0 aromatic rings. The van der Waals surface area contributed by atoms with E-state index in [4.69, 9.17) is 0 Å². The van der Waals surface area contributed by atoms with Gasteiger partial charge in [-0.05, 0) is 25.9 Å². The Morgan fingerprint density at radius 2 is 2.19 bits per heavy atom. The number of rotatable bonds is 6. The van der Waals surface area contributed by atoms with Crippen LogP contribution in [0.25, 0.3) is 0 Å². The molecule has 0 saturated carbocycles. The maximum Gasteiger partial charge on any atom is 0.223 e. The first-order valence-electron chi connectivity index (χ1n) is 6.29. The van der Waals surface area contributed by atoms with E-state index in [1.807, 2.05) is 14.1 Å². The molecule has 4 heteroatoms. The monoisotopic (exact) mass is 227 g/mol. The Kier molecular flexibility index (Phi) is 5.77. The highest BCUT2D eigenvalue weighted by atomic mass is 16.2. The van der Waals surface area contributed by atoms with Crippen LogP contribution in [0.2, 0.25) is 0 Å². The van der Waals surface area contributed by atoms with Crippen LogP contribution in [0.5, 0.6) is 0 Å². The van der Waals surface area contributed by atoms with Gasteiger partial charge in [0, 0.05) is 39.6 Å². The molecule has 0 aromatic heterocycles. The number of carbonyl (C=O) groups is 1. The summed E-state index contributed by atoms with van der Waals surface area (Å²) in [5.74, 6) is 0.220. The molecule has 1 saturated heterocycles. The Labute approximate surface area is 99.0 Å². The Bertz CT molecular complexity index is 212. The predicted molar refractivity (Wildman–Crippen MR) is 66.4 cm³/mol. The van der Waals surface area contributed by atoms with Crippen molar-refractivity contribution < 1.29 is 4.79 Å². The molecule has 0 radical (unpaired) electrons. The van der Waals surface area contributed by atoms with Gasteiger partial charge in [-0.1, -0.05) is 6.92 Å². The Morgan fingerprint density at radius 1 is 1.44 bits per heavy atom. The van der Waals surface area contributed by atoms with Crippen LogP contribution < -0.4 is 5.32 Å². The number of hydrogen-bond acceptors (Lipinski definition) is 3. The van der Waals surface area contributed by atoms with Gasteiger partial charge in [0.05, 0.1) is 0 Å². The molecule has 1 atom stereocenters. The molecular weight excluding hydrogens is 202 g/mol. The lowest BCUT2D eigenvalue weighted by Crippen LogP contribution is -2.39. The summed E-state index contributed by atoms with van der Waals surface area (Å²) in [7, 11) is 3.63. The van der Waals surface area contributed by atoms with E-state index < -0.39 is 0 Å². The largest absolute Gasteiger partial charge is 0.349 e. The molecule has 1 aliphatic rings. The maximum atomic E-state index is 11.5. The Morgan fingerprint density at radius 3 is 2.69 bits per heavy atom. The molecule has 0 aromatic carbocycles. The number of hydrogen-bond donors (Lipinski definition) is 1. The van der Waals surface area contributed by atoms with Gasteiger partial charge >= 0.3 is 0 Å². The fourth-order valence-corrected chi connectivity index (χ4v) is 2.08. The van der Waals surface area contributed by atoms with Crippen LogP contribution in [0.4, 0.5) is 0 Å². The molecule has 1 fully saturated rings. The lowest BCUT2D eigenvalue weighted by molar-refractivity contribution is -0.129. The maximum absolute atomic E-state index is 11.5. The summed E-state index contributed by atoms with van der Waals surface area (Å²) >= 11 is 0. The summed E-state index contributed by atoms with van der Waals surface area (Å²) in [6, 6.07) is 0.634. The van der Waals surface area contributed by atoms with E-state index in [1.54, 1.807) is 4.90 Å². The number of nitrogens with one attached hydrogen (secondary N) is 1. The highest BCUT2D eigenvalue weighted by Gasteiger charge is 2.17. The SMILES string of the molecule is CCN(CCC(=O)N(C)C)CC1CCCN1. The van der Waals surface area contributed by atoms with Gasteiger partial charge in [-0.3, -0.25) is 4.79 Å². The van der Waals surface area contributed by atoms with Crippen molar-refractivity contribution in [2.24, 2.45) is 0 Å². The van der Waals surface area contributed by atoms with Gasteiger partial charge in [0.25, 0.3) is 0 Å². The summed E-state index contributed by atoms with van der Waals surface area (Å²) < 4.78 is 0. The molecule has 1 rings (SSSR count). The van der Waals surface area contributed by atoms with Crippen LogP contribution in [-0.4, -0.2) is 62.0 Å². The van der Waals surface area contributed by atoms with E-state index in [-0.39, 0.29) is 5.91 Å². The quantitative estimate of drug-likeness (QED) is 0.719. The smallest absolute Gasteiger partial charge is 0.223 e. The molecular formula is C12H25N3O. The van der Waals surface area contributed by atoms with Gasteiger partial charge in [-0.25, -0.2) is 0 Å². The zero-order valence-electron chi connectivity index (χ0n) is 10.8. The summed E-state index contributed by atoms with van der Waals surface area (Å²) in [5.41, 5.74) is 0. The highest BCUT2D eigenvalue weighted by Crippen LogP contribution is 2.07. The minimum Gasteiger partial charge on any atom is -0.349 e. The molecule has 0 bridgehead atoms. The molecule has 1 aliphatic heterocycles. The topological polar surface area (TPSA) is 35.6 Å². The minimum absolute atomic E-state index is 0.220. The van der Waals surface area contributed by atoms with Crippen molar-refractivity contribution in [2.75, 3.05) is 40.3 Å². The van der Waals surface area contributed by atoms with Crippen molar-refractivity contribution in [2.45, 2.75) is 32.2 Å². The van der Waals surface area contributed by atoms with E-state index in [0.717, 1.165) is 26.2 Å². The Hall–Kier alpha value is -0.610. The molecule has 1 N–H and O–H groups in total. The van der Waals surface area contributed by atoms with Gasteiger partial charge in [-0.15, -0.1) is 0 Å². The first kappa shape index (κ1) is 13.5. The molecule has 1 amide bonds. The van der Waals surface area contributed by atoms with E-state index >= 15 is 0 Å². The summed E-state index contributed by atoms with van der Waals surface area (Å²) in [4.78, 5) is 15.5. The lowest BCUT2D eigenvalue weighted by atomic mass is 10.2. The van der Waals surface area contributed by atoms with Gasteiger partial charge in [-0.2, -0.15) is 0 Å². The molecule has 16 heavy (non-hydrogen) atoms. The highest BCUT2D eigenvalue weighted by molar-refractivity contribution is 5.75. The standard InChI is InChI=1S/C12H25N3O/c1-4-15(9-7-12(16)14(2)3)10-11-6-5-8-13-11/h11,13H,4-10H2,1-3H3. The van der Waals surface area contributed by atoms with Crippen LogP contribution >= 0.6 is 0 Å². The third kappa shape index (κ3) is 4.49. The van der Waals surface area contributed by atoms with Crippen LogP contribution in [0.1, 0.15) is 26.2 Å². The van der Waals surface area contributed by atoms with E-state index in [0.29, 0.717) is 12.5 Å². The molecule has 94 valence electrons. The first-order valence-corrected chi connectivity index (χ1v) is 6.29. The third-order valence-electron chi connectivity index (χ3n) is 3.23. The fraction of sp³-hybridized carbons (Fsp3) is 0.917. The van der Waals surface area contributed by atoms with E-state index in [2.05, 4.69) is 17.1 Å². The number of carbonyl (C=O) groups excluding carboxylic acids is 1. The molecule has 0 aliphatic carbocycles. The van der Waals surface area contributed by atoms with Crippen molar-refractivity contribution in [1.29, 1.82) is 0 Å². The van der Waals surface area contributed by atoms with Crippen molar-refractivity contribution in [1.82, 2.24) is 15.1 Å². The Balaban J connectivity index is 2.23. The van der Waals surface area contributed by atoms with Crippen molar-refractivity contribution in [3.05, 3.63) is 0 Å². The van der Waals surface area contributed by atoms with Gasteiger partial charge in [0.2, 0.25) is 5.91 Å². The van der Waals surface area contributed by atoms with Crippen LogP contribution in [0, 0.1) is 0 Å². The van der Waals surface area contributed by atoms with Crippen LogP contribution in [-0.2, 0) is 4.79 Å². The summed E-state index contributed by atoms with van der Waals surface area (Å²) in [6.45, 7) is 6.30. The second-order valence-corrected chi connectivity index (χ2v) is 4.72. The molecule has 0 spiro atoms. The summed E-state index contributed by atoms with van der Waals surface area (Å²) in [6.07, 6.45) is 3.20. The van der Waals surface area contributed by atoms with Crippen molar-refractivity contribution in [3.63, 3.8) is 0 Å². The van der Waals surface area contributed by atoms with Crippen LogP contribution in [0.3, 0.4) is 0 Å². The zero-order valence-corrected chi connectivity index (χ0v) is 10.8. The zero-order chi connectivity index (χ0) is 12.0. The molecule has 4 nitrogen and oxygen atoms in total. The minimum atomic E-state index is 0.220. The predicted octanol–water partition coefficient (Wildman–Crippen LogP) is 0.539. The fourth-order valence-electron chi connectivity index (χ4n) is 2.08. The molecule has 1 heterocycles. The second kappa shape index (κ2) is 6.86. The number of likely N-dealkylation sites (N-methyl/N-ethyl adjacent to an activating group) is 1. The van der Waals surface area contributed by atoms with Crippen molar-refractivity contribution >= 4 is 5.91 Å². The van der Waals surface area contributed by atoms with E-state index in [1.165, 1.54) is 12.8 Å². The normalized spacial score (nSPS) is 20.4. The van der Waals surface area contributed by atoms with Gasteiger partial charge < -0.3 is 15.1 Å².